The Morgan fingerprint density at radius 3 is 2.00 bits per heavy atom. The first kappa shape index (κ1) is 27.1. The second kappa shape index (κ2) is 11.1. The molecule has 3 aromatic carbocycles. The van der Waals surface area contributed by atoms with Gasteiger partial charge in [-0.3, -0.25) is 0 Å². The molecule has 3 aromatic rings. The third-order valence-corrected chi connectivity index (χ3v) is 7.16. The van der Waals surface area contributed by atoms with Crippen LogP contribution in [0, 0.1) is 6.92 Å². The Hall–Kier alpha value is -3.48. The Balaban J connectivity index is 0.000000275. The molecular formula is C30H34N2O3S. The third kappa shape index (κ3) is 6.39. The molecule has 0 atom stereocenters. The molecule has 1 aliphatic rings. The van der Waals surface area contributed by atoms with Crippen LogP contribution < -0.4 is 4.90 Å². The maximum absolute atomic E-state index is 10.4. The van der Waals surface area contributed by atoms with Crippen molar-refractivity contribution in [3.63, 3.8) is 0 Å². The minimum Gasteiger partial charge on any atom is -0.744 e. The second-order valence-corrected chi connectivity index (χ2v) is 10.9. The highest BCUT2D eigenvalue weighted by Crippen LogP contribution is 2.38. The lowest BCUT2D eigenvalue weighted by Gasteiger charge is -2.14. The average Bonchev–Trinajstić information content (AvgIpc) is 3.02. The van der Waals surface area contributed by atoms with Gasteiger partial charge >= 0.3 is 0 Å². The maximum atomic E-state index is 10.4. The number of fused-ring (bicyclic) bond motifs is 1. The van der Waals surface area contributed by atoms with Crippen molar-refractivity contribution in [2.45, 2.75) is 31.1 Å². The predicted octanol–water partition coefficient (Wildman–Crippen LogP) is 5.93. The summed E-state index contributed by atoms with van der Waals surface area (Å²) in [7, 11) is 2.00. The maximum Gasteiger partial charge on any atom is 0.209 e. The molecule has 6 heteroatoms. The van der Waals surface area contributed by atoms with Crippen molar-refractivity contribution in [3.05, 3.63) is 108 Å². The zero-order valence-electron chi connectivity index (χ0n) is 21.8. The topological polar surface area (TPSA) is 63.5 Å². The molecule has 1 heterocycles. The number of allylic oxidation sites excluding steroid dienone is 3. The van der Waals surface area contributed by atoms with Crippen LogP contribution in [0.15, 0.2) is 95.9 Å². The number of nitrogens with zero attached hydrogens (tertiary/aromatic N) is 2. The zero-order chi connectivity index (χ0) is 26.5. The molecule has 0 spiro atoms. The van der Waals surface area contributed by atoms with E-state index >= 15 is 0 Å². The van der Waals surface area contributed by atoms with E-state index in [0.29, 0.717) is 0 Å². The molecule has 4 rings (SSSR count). The summed E-state index contributed by atoms with van der Waals surface area (Å²) in [6.07, 6.45) is 8.63. The van der Waals surface area contributed by atoms with Gasteiger partial charge in [0.25, 0.3) is 0 Å². The first-order chi connectivity index (χ1) is 16.9. The van der Waals surface area contributed by atoms with Gasteiger partial charge in [0.05, 0.1) is 10.3 Å². The molecule has 0 amide bonds. The van der Waals surface area contributed by atoms with E-state index in [9.17, 15) is 13.0 Å². The number of rotatable bonds is 5. The lowest BCUT2D eigenvalue weighted by Crippen LogP contribution is -2.26. The number of para-hydroxylation sites is 1. The Kier molecular flexibility index (Phi) is 8.33. The van der Waals surface area contributed by atoms with Gasteiger partial charge in [-0.15, -0.1) is 0 Å². The summed E-state index contributed by atoms with van der Waals surface area (Å²) in [5.74, 6) is 0. The van der Waals surface area contributed by atoms with Crippen LogP contribution in [-0.2, 0) is 15.5 Å². The fourth-order valence-corrected chi connectivity index (χ4v) is 4.67. The molecule has 1 aliphatic heterocycles. The fourth-order valence-electron chi connectivity index (χ4n) is 4.20. The van der Waals surface area contributed by atoms with Crippen molar-refractivity contribution in [1.82, 2.24) is 0 Å². The van der Waals surface area contributed by atoms with Gasteiger partial charge in [0, 0.05) is 37.5 Å². The van der Waals surface area contributed by atoms with Crippen molar-refractivity contribution in [3.8, 4) is 0 Å². The Labute approximate surface area is 215 Å². The van der Waals surface area contributed by atoms with E-state index < -0.39 is 10.1 Å². The minimum absolute atomic E-state index is 0.0308. The van der Waals surface area contributed by atoms with Gasteiger partial charge in [-0.05, 0) is 50.6 Å². The molecule has 0 unspecified atom stereocenters. The van der Waals surface area contributed by atoms with E-state index in [1.807, 2.05) is 6.92 Å². The number of hydrogen-bond acceptors (Lipinski definition) is 4. The number of hydrogen-bond donors (Lipinski definition) is 0. The molecule has 0 aliphatic carbocycles. The van der Waals surface area contributed by atoms with Gasteiger partial charge in [-0.25, -0.2) is 8.42 Å². The molecule has 0 saturated carbocycles. The highest BCUT2D eigenvalue weighted by Gasteiger charge is 2.42. The van der Waals surface area contributed by atoms with Gasteiger partial charge in [0.2, 0.25) is 5.69 Å². The van der Waals surface area contributed by atoms with Crippen molar-refractivity contribution in [2.75, 3.05) is 26.0 Å². The summed E-state index contributed by atoms with van der Waals surface area (Å²) >= 11 is 0. The molecule has 36 heavy (non-hydrogen) atoms. The van der Waals surface area contributed by atoms with Gasteiger partial charge in [0.15, 0.2) is 5.71 Å². The van der Waals surface area contributed by atoms with Gasteiger partial charge in [0.1, 0.15) is 17.2 Å². The van der Waals surface area contributed by atoms with Crippen LogP contribution in [0.25, 0.3) is 6.08 Å². The van der Waals surface area contributed by atoms with Crippen LogP contribution in [0.3, 0.4) is 0 Å². The van der Waals surface area contributed by atoms with Gasteiger partial charge in [-0.1, -0.05) is 66.3 Å². The molecule has 0 bridgehead atoms. The highest BCUT2D eigenvalue weighted by molar-refractivity contribution is 7.85. The molecule has 0 saturated heterocycles. The summed E-state index contributed by atoms with van der Waals surface area (Å²) in [5, 5.41) is 0. The number of benzene rings is 3. The van der Waals surface area contributed by atoms with E-state index in [4.69, 9.17) is 0 Å². The molecule has 0 radical (unpaired) electrons. The van der Waals surface area contributed by atoms with Gasteiger partial charge < -0.3 is 9.45 Å². The van der Waals surface area contributed by atoms with E-state index in [0.717, 1.165) is 5.56 Å². The number of anilines is 1. The smallest absolute Gasteiger partial charge is 0.209 e. The molecule has 188 valence electrons. The summed E-state index contributed by atoms with van der Waals surface area (Å²) in [4.78, 5) is 1.93. The summed E-state index contributed by atoms with van der Waals surface area (Å²) < 4.78 is 33.5. The lowest BCUT2D eigenvalue weighted by atomic mass is 9.81. The summed E-state index contributed by atoms with van der Waals surface area (Å²) in [6, 6.07) is 23.0. The predicted molar refractivity (Wildman–Crippen MR) is 148 cm³/mol. The van der Waals surface area contributed by atoms with Gasteiger partial charge in [-0.2, -0.15) is 4.58 Å². The lowest BCUT2D eigenvalue weighted by molar-refractivity contribution is -0.401. The molecule has 0 aromatic heterocycles. The Bertz CT molecular complexity index is 1400. The van der Waals surface area contributed by atoms with Crippen LogP contribution in [0.1, 0.15) is 30.5 Å². The standard InChI is InChI=1S/C23H27N2.C7H8O3S/c1-23(2)20-11-7-8-12-21(20)25(5)22(23)13-9-6-10-18-14-16-19(17-15-18)24(3)4;1-6-2-4-7(5-3-6)11(8,9)10/h6-17H,1-5H3;2-5H,1H3,(H,8,9,10)/q+1;/p-1. The van der Waals surface area contributed by atoms with Crippen LogP contribution in [0.5, 0.6) is 0 Å². The van der Waals surface area contributed by atoms with Crippen molar-refractivity contribution < 1.29 is 17.5 Å². The average molecular weight is 503 g/mol. The molecule has 0 fully saturated rings. The van der Waals surface area contributed by atoms with E-state index in [1.165, 1.54) is 40.3 Å². The van der Waals surface area contributed by atoms with E-state index in [1.54, 1.807) is 12.1 Å². The normalized spacial score (nSPS) is 14.6. The largest absolute Gasteiger partial charge is 0.744 e. The fraction of sp³-hybridized carbons (Fsp3) is 0.233. The quantitative estimate of drug-likeness (QED) is 0.247. The van der Waals surface area contributed by atoms with Crippen molar-refractivity contribution in [1.29, 1.82) is 0 Å². The van der Waals surface area contributed by atoms with Crippen LogP contribution in [0.4, 0.5) is 11.4 Å². The first-order valence-electron chi connectivity index (χ1n) is 11.8. The van der Waals surface area contributed by atoms with Crippen molar-refractivity contribution in [2.24, 2.45) is 0 Å². The van der Waals surface area contributed by atoms with E-state index in [2.05, 4.69) is 117 Å². The second-order valence-electron chi connectivity index (χ2n) is 9.56. The Morgan fingerprint density at radius 2 is 1.44 bits per heavy atom. The van der Waals surface area contributed by atoms with Crippen LogP contribution in [0.2, 0.25) is 0 Å². The minimum atomic E-state index is -4.27. The van der Waals surface area contributed by atoms with E-state index in [-0.39, 0.29) is 10.3 Å². The Morgan fingerprint density at radius 1 is 0.861 bits per heavy atom. The monoisotopic (exact) mass is 502 g/mol. The van der Waals surface area contributed by atoms with Crippen LogP contribution >= 0.6 is 0 Å². The van der Waals surface area contributed by atoms with Crippen LogP contribution in [-0.4, -0.2) is 44.4 Å². The summed E-state index contributed by atoms with van der Waals surface area (Å²) in [5.41, 5.74) is 7.40. The number of aryl methyl sites for hydroxylation is 1. The molecular weight excluding hydrogens is 468 g/mol. The molecule has 5 nitrogen and oxygen atoms in total. The zero-order valence-corrected chi connectivity index (χ0v) is 22.6. The third-order valence-electron chi connectivity index (χ3n) is 6.31. The highest BCUT2D eigenvalue weighted by atomic mass is 32.2. The molecule has 0 N–H and O–H groups in total. The van der Waals surface area contributed by atoms with Crippen molar-refractivity contribution >= 4 is 33.3 Å². The SMILES string of the molecule is CN(C)c1ccc(/C=C/C=C/C2=[N+](C)c3ccccc3C2(C)C)cc1.Cc1ccc(S(=O)(=O)[O-])cc1. The summed E-state index contributed by atoms with van der Waals surface area (Å²) in [6.45, 7) is 6.40. The first-order valence-corrected chi connectivity index (χ1v) is 13.2.